The molecule has 0 heterocycles. The Bertz CT molecular complexity index is 642. The molecule has 2 N–H and O–H groups in total. The third-order valence-electron chi connectivity index (χ3n) is 3.08. The van der Waals surface area contributed by atoms with Crippen molar-refractivity contribution in [2.75, 3.05) is 5.32 Å². The molecule has 0 aromatic heterocycles. The Labute approximate surface area is 113 Å². The first-order valence-corrected chi connectivity index (χ1v) is 6.13. The minimum Gasteiger partial charge on any atom is -0.508 e. The van der Waals surface area contributed by atoms with Crippen molar-refractivity contribution in [3.05, 3.63) is 58.7 Å². The molecule has 2 rings (SSSR count). The summed E-state index contributed by atoms with van der Waals surface area (Å²) in [5, 5.41) is 21.8. The Morgan fingerprint density at radius 1 is 1.16 bits per heavy atom. The molecule has 0 atom stereocenters. The number of rotatable bonds is 3. The molecule has 0 amide bonds. The van der Waals surface area contributed by atoms with Gasteiger partial charge in [0.2, 0.25) is 0 Å². The van der Waals surface area contributed by atoms with Gasteiger partial charge in [0.1, 0.15) is 5.75 Å². The van der Waals surface area contributed by atoms with E-state index in [0.717, 1.165) is 22.4 Å². The Kier molecular flexibility index (Phi) is 3.72. The number of aryl methyl sites for hydroxylation is 2. The van der Waals surface area contributed by atoms with Crippen molar-refractivity contribution >= 4 is 5.69 Å². The molecule has 0 saturated carbocycles. The molecule has 96 valence electrons. The second-order valence-electron chi connectivity index (χ2n) is 4.62. The van der Waals surface area contributed by atoms with Crippen LogP contribution >= 0.6 is 0 Å². The van der Waals surface area contributed by atoms with Crippen molar-refractivity contribution in [2.24, 2.45) is 0 Å². The van der Waals surface area contributed by atoms with E-state index in [4.69, 9.17) is 5.26 Å². The van der Waals surface area contributed by atoms with Crippen molar-refractivity contribution in [3.63, 3.8) is 0 Å². The molecule has 0 aliphatic rings. The fourth-order valence-electron chi connectivity index (χ4n) is 1.94. The molecule has 0 saturated heterocycles. The van der Waals surface area contributed by atoms with Gasteiger partial charge < -0.3 is 10.4 Å². The van der Waals surface area contributed by atoms with Crippen molar-refractivity contribution in [1.29, 1.82) is 5.26 Å². The van der Waals surface area contributed by atoms with E-state index in [0.29, 0.717) is 17.9 Å². The molecular weight excluding hydrogens is 236 g/mol. The highest BCUT2D eigenvalue weighted by Gasteiger charge is 2.03. The van der Waals surface area contributed by atoms with Gasteiger partial charge in [-0.1, -0.05) is 12.1 Å². The van der Waals surface area contributed by atoms with Crippen LogP contribution in [-0.4, -0.2) is 5.11 Å². The number of benzene rings is 2. The zero-order valence-electron chi connectivity index (χ0n) is 11.1. The number of aromatic hydroxyl groups is 1. The number of phenolic OH excluding ortho intramolecular Hbond substituents is 1. The van der Waals surface area contributed by atoms with Gasteiger partial charge in [0, 0.05) is 12.2 Å². The largest absolute Gasteiger partial charge is 0.508 e. The number of nitrogens with zero attached hydrogens (tertiary/aromatic N) is 1. The standard InChI is InChI=1S/C16H16N2O/c1-11-7-16(19)12(2)6-15(11)18-10-14-5-3-4-13(8-14)9-17/h3-8,18-19H,10H2,1-2H3. The summed E-state index contributed by atoms with van der Waals surface area (Å²) >= 11 is 0. The molecule has 0 radical (unpaired) electrons. The van der Waals surface area contributed by atoms with Gasteiger partial charge in [0.15, 0.2) is 0 Å². The van der Waals surface area contributed by atoms with Crippen LogP contribution < -0.4 is 5.32 Å². The second-order valence-corrected chi connectivity index (χ2v) is 4.62. The van der Waals surface area contributed by atoms with Crippen molar-refractivity contribution in [1.82, 2.24) is 0 Å². The molecule has 0 fully saturated rings. The van der Waals surface area contributed by atoms with Gasteiger partial charge in [0.25, 0.3) is 0 Å². The van der Waals surface area contributed by atoms with Crippen molar-refractivity contribution in [3.8, 4) is 11.8 Å². The van der Waals surface area contributed by atoms with Crippen LogP contribution in [0.5, 0.6) is 5.75 Å². The molecular formula is C16H16N2O. The van der Waals surface area contributed by atoms with Crippen molar-refractivity contribution in [2.45, 2.75) is 20.4 Å². The lowest BCUT2D eigenvalue weighted by atomic mass is 10.1. The molecule has 0 aliphatic heterocycles. The number of nitriles is 1. The monoisotopic (exact) mass is 252 g/mol. The Hall–Kier alpha value is -2.47. The van der Waals surface area contributed by atoms with E-state index in [2.05, 4.69) is 11.4 Å². The molecule has 2 aromatic carbocycles. The lowest BCUT2D eigenvalue weighted by molar-refractivity contribution is 0.471. The van der Waals surface area contributed by atoms with Gasteiger partial charge in [-0.3, -0.25) is 0 Å². The lowest BCUT2D eigenvalue weighted by Crippen LogP contribution is -2.01. The number of hydrogen-bond acceptors (Lipinski definition) is 3. The van der Waals surface area contributed by atoms with Gasteiger partial charge in [-0.05, 0) is 54.8 Å². The number of hydrogen-bond donors (Lipinski definition) is 2. The zero-order chi connectivity index (χ0) is 13.8. The van der Waals surface area contributed by atoms with Gasteiger partial charge in [-0.15, -0.1) is 0 Å². The summed E-state index contributed by atoms with van der Waals surface area (Å²) in [6.07, 6.45) is 0. The first-order chi connectivity index (χ1) is 9.10. The second kappa shape index (κ2) is 5.45. The predicted octanol–water partition coefficient (Wildman–Crippen LogP) is 3.49. The average Bonchev–Trinajstić information content (AvgIpc) is 2.41. The lowest BCUT2D eigenvalue weighted by Gasteiger charge is -2.12. The van der Waals surface area contributed by atoms with Crippen LogP contribution in [0.2, 0.25) is 0 Å². The summed E-state index contributed by atoms with van der Waals surface area (Å²) in [7, 11) is 0. The van der Waals surface area contributed by atoms with E-state index in [1.54, 1.807) is 12.1 Å². The van der Waals surface area contributed by atoms with Crippen LogP contribution in [0.1, 0.15) is 22.3 Å². The molecule has 2 aromatic rings. The van der Waals surface area contributed by atoms with Crippen LogP contribution in [0.3, 0.4) is 0 Å². The minimum atomic E-state index is 0.314. The summed E-state index contributed by atoms with van der Waals surface area (Å²) in [5.74, 6) is 0.314. The first kappa shape index (κ1) is 13.0. The highest BCUT2D eigenvalue weighted by Crippen LogP contribution is 2.25. The summed E-state index contributed by atoms with van der Waals surface area (Å²) in [4.78, 5) is 0. The molecule has 0 aliphatic carbocycles. The van der Waals surface area contributed by atoms with Crippen LogP contribution in [-0.2, 0) is 6.54 Å². The molecule has 0 bridgehead atoms. The minimum absolute atomic E-state index is 0.314. The maximum Gasteiger partial charge on any atom is 0.118 e. The third-order valence-corrected chi connectivity index (χ3v) is 3.08. The molecule has 0 spiro atoms. The average molecular weight is 252 g/mol. The maximum atomic E-state index is 9.61. The van der Waals surface area contributed by atoms with E-state index < -0.39 is 0 Å². The third kappa shape index (κ3) is 3.05. The quantitative estimate of drug-likeness (QED) is 0.822. The fraction of sp³-hybridized carbons (Fsp3) is 0.188. The highest BCUT2D eigenvalue weighted by atomic mass is 16.3. The van der Waals surface area contributed by atoms with E-state index in [-0.39, 0.29) is 0 Å². The van der Waals surface area contributed by atoms with Gasteiger partial charge in [-0.25, -0.2) is 0 Å². The maximum absolute atomic E-state index is 9.61. The highest BCUT2D eigenvalue weighted by molar-refractivity contribution is 5.56. The zero-order valence-corrected chi connectivity index (χ0v) is 11.1. The van der Waals surface area contributed by atoms with Gasteiger partial charge in [0.05, 0.1) is 11.6 Å². The van der Waals surface area contributed by atoms with E-state index >= 15 is 0 Å². The summed E-state index contributed by atoms with van der Waals surface area (Å²) in [5.41, 5.74) is 4.57. The number of nitrogens with one attached hydrogen (secondary N) is 1. The summed E-state index contributed by atoms with van der Waals surface area (Å²) in [6, 6.07) is 13.3. The topological polar surface area (TPSA) is 56.0 Å². The van der Waals surface area contributed by atoms with E-state index in [9.17, 15) is 5.11 Å². The number of anilines is 1. The molecule has 3 nitrogen and oxygen atoms in total. The van der Waals surface area contributed by atoms with Crippen LogP contribution in [0.4, 0.5) is 5.69 Å². The van der Waals surface area contributed by atoms with E-state index in [1.165, 1.54) is 0 Å². The SMILES string of the molecule is Cc1cc(NCc2cccc(C#N)c2)c(C)cc1O. The Morgan fingerprint density at radius 2 is 1.95 bits per heavy atom. The van der Waals surface area contributed by atoms with Crippen LogP contribution in [0.15, 0.2) is 36.4 Å². The molecule has 0 unspecified atom stereocenters. The molecule has 19 heavy (non-hydrogen) atoms. The van der Waals surface area contributed by atoms with E-state index in [1.807, 2.05) is 38.1 Å². The fourth-order valence-corrected chi connectivity index (χ4v) is 1.94. The van der Waals surface area contributed by atoms with Crippen molar-refractivity contribution < 1.29 is 5.11 Å². The smallest absolute Gasteiger partial charge is 0.118 e. The summed E-state index contributed by atoms with van der Waals surface area (Å²) in [6.45, 7) is 4.48. The van der Waals surface area contributed by atoms with Gasteiger partial charge in [-0.2, -0.15) is 5.26 Å². The van der Waals surface area contributed by atoms with Crippen LogP contribution in [0.25, 0.3) is 0 Å². The first-order valence-electron chi connectivity index (χ1n) is 6.13. The van der Waals surface area contributed by atoms with Crippen LogP contribution in [0, 0.1) is 25.2 Å². The molecule has 3 heteroatoms. The Morgan fingerprint density at radius 3 is 2.68 bits per heavy atom. The van der Waals surface area contributed by atoms with Gasteiger partial charge >= 0.3 is 0 Å². The summed E-state index contributed by atoms with van der Waals surface area (Å²) < 4.78 is 0. The Balaban J connectivity index is 2.14. The predicted molar refractivity (Wildman–Crippen MR) is 76.1 cm³/mol. The normalized spacial score (nSPS) is 9.95. The number of phenols is 1.